The number of nitrogens with zero attached hydrogens (tertiary/aromatic N) is 3. The average molecular weight is 386 g/mol. The Morgan fingerprint density at radius 3 is 2.69 bits per heavy atom. The van der Waals surface area contributed by atoms with Gasteiger partial charge in [0, 0.05) is 42.2 Å². The first-order valence-electron chi connectivity index (χ1n) is 9.51. The number of hydrogen-bond acceptors (Lipinski definition) is 4. The van der Waals surface area contributed by atoms with Crippen LogP contribution in [0.4, 0.5) is 0 Å². The number of carbonyl (C=O) groups excluding carboxylic acids is 1. The van der Waals surface area contributed by atoms with E-state index in [1.165, 1.54) is 0 Å². The maximum absolute atomic E-state index is 12.6. The lowest BCUT2D eigenvalue weighted by atomic mass is 10.1. The van der Waals surface area contributed by atoms with Crippen LogP contribution in [-0.2, 0) is 6.42 Å². The number of carbonyl (C=O) groups is 1. The molecule has 4 aromatic rings. The first kappa shape index (κ1) is 18.7. The molecule has 0 saturated heterocycles. The lowest BCUT2D eigenvalue weighted by Gasteiger charge is -2.09. The third-order valence-corrected chi connectivity index (χ3v) is 4.82. The van der Waals surface area contributed by atoms with Gasteiger partial charge in [0.1, 0.15) is 5.76 Å². The minimum Gasteiger partial charge on any atom is -0.441 e. The predicted molar refractivity (Wildman–Crippen MR) is 111 cm³/mol. The van der Waals surface area contributed by atoms with Gasteiger partial charge >= 0.3 is 0 Å². The normalized spacial score (nSPS) is 10.8. The van der Waals surface area contributed by atoms with Crippen molar-refractivity contribution in [1.29, 1.82) is 0 Å². The molecule has 6 nitrogen and oxygen atoms in total. The minimum absolute atomic E-state index is 0.0934. The summed E-state index contributed by atoms with van der Waals surface area (Å²) in [7, 11) is 0. The highest BCUT2D eigenvalue weighted by molar-refractivity contribution is 5.95. The number of aryl methyl sites for hydroxylation is 2. The Labute approximate surface area is 169 Å². The largest absolute Gasteiger partial charge is 0.441 e. The van der Waals surface area contributed by atoms with Crippen LogP contribution in [0.2, 0.25) is 0 Å². The first-order valence-corrected chi connectivity index (χ1v) is 9.51. The second-order valence-corrected chi connectivity index (χ2v) is 6.86. The van der Waals surface area contributed by atoms with Crippen LogP contribution in [0.5, 0.6) is 0 Å². The van der Waals surface area contributed by atoms with Crippen LogP contribution >= 0.6 is 0 Å². The van der Waals surface area contributed by atoms with Crippen molar-refractivity contribution < 1.29 is 9.21 Å². The molecule has 0 radical (unpaired) electrons. The smallest absolute Gasteiger partial charge is 0.251 e. The molecule has 0 unspecified atom stereocenters. The van der Waals surface area contributed by atoms with Gasteiger partial charge in [0.2, 0.25) is 5.89 Å². The second-order valence-electron chi connectivity index (χ2n) is 6.86. The number of imidazole rings is 1. The Morgan fingerprint density at radius 2 is 1.97 bits per heavy atom. The predicted octanol–water partition coefficient (Wildman–Crippen LogP) is 4.12. The van der Waals surface area contributed by atoms with Crippen molar-refractivity contribution in [3.05, 3.63) is 89.8 Å². The Morgan fingerprint density at radius 1 is 1.14 bits per heavy atom. The van der Waals surface area contributed by atoms with E-state index in [-0.39, 0.29) is 5.91 Å². The zero-order chi connectivity index (χ0) is 20.2. The van der Waals surface area contributed by atoms with E-state index >= 15 is 0 Å². The third kappa shape index (κ3) is 4.11. The van der Waals surface area contributed by atoms with Crippen LogP contribution < -0.4 is 5.32 Å². The van der Waals surface area contributed by atoms with Crippen molar-refractivity contribution in [2.75, 3.05) is 6.54 Å². The van der Waals surface area contributed by atoms with Crippen LogP contribution in [0.1, 0.15) is 27.4 Å². The molecule has 0 fully saturated rings. The van der Waals surface area contributed by atoms with E-state index < -0.39 is 0 Å². The molecule has 0 spiro atoms. The minimum atomic E-state index is -0.0934. The Balaban J connectivity index is 1.39. The number of amides is 1. The molecule has 0 bridgehead atoms. The lowest BCUT2D eigenvalue weighted by molar-refractivity contribution is 0.0953. The number of rotatable bonds is 6. The molecular weight excluding hydrogens is 364 g/mol. The van der Waals surface area contributed by atoms with E-state index in [1.807, 2.05) is 73.1 Å². The summed E-state index contributed by atoms with van der Waals surface area (Å²) in [5.41, 5.74) is 4.35. The van der Waals surface area contributed by atoms with Crippen molar-refractivity contribution in [1.82, 2.24) is 19.9 Å². The maximum Gasteiger partial charge on any atom is 0.251 e. The molecule has 6 heteroatoms. The summed E-state index contributed by atoms with van der Waals surface area (Å²) >= 11 is 0. The average Bonchev–Trinajstić information content (AvgIpc) is 3.39. The molecule has 0 aliphatic carbocycles. The zero-order valence-electron chi connectivity index (χ0n) is 16.4. The van der Waals surface area contributed by atoms with Crippen LogP contribution in [0.3, 0.4) is 0 Å². The van der Waals surface area contributed by atoms with Crippen LogP contribution in [0.15, 0.2) is 71.7 Å². The fourth-order valence-electron chi connectivity index (χ4n) is 3.23. The van der Waals surface area contributed by atoms with E-state index in [9.17, 15) is 4.79 Å². The van der Waals surface area contributed by atoms with Crippen molar-refractivity contribution in [2.45, 2.75) is 20.3 Å². The molecule has 0 atom stereocenters. The first-order chi connectivity index (χ1) is 14.1. The van der Waals surface area contributed by atoms with Gasteiger partial charge in [0.05, 0.1) is 12.0 Å². The molecule has 2 heterocycles. The standard InChI is InChI=1S/C23H22N4O2/c1-16-14-19(27-13-12-24-15-27)8-9-20(16)22(28)25-11-10-21-17(2)29-23(26-21)18-6-4-3-5-7-18/h3-9,12-15H,10-11H2,1-2H3,(H,25,28). The summed E-state index contributed by atoms with van der Waals surface area (Å²) in [6, 6.07) is 15.5. The van der Waals surface area contributed by atoms with Gasteiger partial charge in [-0.3, -0.25) is 4.79 Å². The summed E-state index contributed by atoms with van der Waals surface area (Å²) in [5.74, 6) is 1.29. The van der Waals surface area contributed by atoms with E-state index in [4.69, 9.17) is 4.42 Å². The van der Waals surface area contributed by atoms with Gasteiger partial charge in [-0.15, -0.1) is 0 Å². The fraction of sp³-hybridized carbons (Fsp3) is 0.174. The van der Waals surface area contributed by atoms with E-state index in [1.54, 1.807) is 12.5 Å². The summed E-state index contributed by atoms with van der Waals surface area (Å²) in [5, 5.41) is 2.98. The SMILES string of the molecule is Cc1cc(-n2ccnc2)ccc1C(=O)NCCc1nc(-c2ccccc2)oc1C. The quantitative estimate of drug-likeness (QED) is 0.541. The molecule has 1 N–H and O–H groups in total. The highest BCUT2D eigenvalue weighted by Gasteiger charge is 2.13. The van der Waals surface area contributed by atoms with Gasteiger partial charge in [0.25, 0.3) is 5.91 Å². The summed E-state index contributed by atoms with van der Waals surface area (Å²) in [4.78, 5) is 21.2. The number of oxazole rings is 1. The second kappa shape index (κ2) is 8.14. The topological polar surface area (TPSA) is 73.0 Å². The van der Waals surface area contributed by atoms with Crippen molar-refractivity contribution in [3.8, 4) is 17.1 Å². The van der Waals surface area contributed by atoms with Crippen molar-refractivity contribution in [3.63, 3.8) is 0 Å². The zero-order valence-corrected chi connectivity index (χ0v) is 16.4. The van der Waals surface area contributed by atoms with Gasteiger partial charge in [-0.1, -0.05) is 18.2 Å². The molecule has 0 aliphatic heterocycles. The molecule has 1 amide bonds. The highest BCUT2D eigenvalue weighted by Crippen LogP contribution is 2.21. The number of benzene rings is 2. The molecule has 2 aromatic carbocycles. The molecule has 0 aliphatic rings. The van der Waals surface area contributed by atoms with Gasteiger partial charge in [-0.2, -0.15) is 0 Å². The monoisotopic (exact) mass is 386 g/mol. The van der Waals surface area contributed by atoms with Crippen molar-refractivity contribution >= 4 is 5.91 Å². The Hall–Kier alpha value is -3.67. The van der Waals surface area contributed by atoms with Gasteiger partial charge in [0.15, 0.2) is 0 Å². The number of hydrogen-bond donors (Lipinski definition) is 1. The summed E-state index contributed by atoms with van der Waals surface area (Å²) in [6.07, 6.45) is 5.95. The number of nitrogens with one attached hydrogen (secondary N) is 1. The molecule has 2 aromatic heterocycles. The molecular formula is C23H22N4O2. The van der Waals surface area contributed by atoms with E-state index in [0.717, 1.165) is 28.3 Å². The Kier molecular flexibility index (Phi) is 5.24. The molecule has 146 valence electrons. The molecule has 0 saturated carbocycles. The van der Waals surface area contributed by atoms with Gasteiger partial charge in [-0.25, -0.2) is 9.97 Å². The summed E-state index contributed by atoms with van der Waals surface area (Å²) in [6.45, 7) is 4.32. The van der Waals surface area contributed by atoms with Crippen LogP contribution in [0.25, 0.3) is 17.1 Å². The highest BCUT2D eigenvalue weighted by atomic mass is 16.4. The van der Waals surface area contributed by atoms with E-state index in [0.29, 0.717) is 24.4 Å². The van der Waals surface area contributed by atoms with Gasteiger partial charge < -0.3 is 14.3 Å². The maximum atomic E-state index is 12.6. The van der Waals surface area contributed by atoms with E-state index in [2.05, 4.69) is 15.3 Å². The van der Waals surface area contributed by atoms with Gasteiger partial charge in [-0.05, 0) is 49.7 Å². The number of aromatic nitrogens is 3. The molecule has 4 rings (SSSR count). The van der Waals surface area contributed by atoms with Crippen molar-refractivity contribution in [2.24, 2.45) is 0 Å². The lowest BCUT2D eigenvalue weighted by Crippen LogP contribution is -2.26. The summed E-state index contributed by atoms with van der Waals surface area (Å²) < 4.78 is 7.69. The van der Waals surface area contributed by atoms with Crippen LogP contribution in [0, 0.1) is 13.8 Å². The third-order valence-electron chi connectivity index (χ3n) is 4.82. The fourth-order valence-corrected chi connectivity index (χ4v) is 3.23. The van der Waals surface area contributed by atoms with Crippen LogP contribution in [-0.4, -0.2) is 27.0 Å². The molecule has 29 heavy (non-hydrogen) atoms. The Bertz CT molecular complexity index is 1120.